The highest BCUT2D eigenvalue weighted by Gasteiger charge is 2.43. The number of carbonyl (C=O) groups excluding carboxylic acids is 1. The third-order valence-corrected chi connectivity index (χ3v) is 6.47. The summed E-state index contributed by atoms with van der Waals surface area (Å²) in [5.74, 6) is 0.835. The zero-order valence-corrected chi connectivity index (χ0v) is 17.5. The maximum absolute atomic E-state index is 12.9. The van der Waals surface area contributed by atoms with Crippen molar-refractivity contribution in [2.45, 2.75) is 39.2 Å². The van der Waals surface area contributed by atoms with Gasteiger partial charge in [0.1, 0.15) is 11.9 Å². The van der Waals surface area contributed by atoms with E-state index in [-0.39, 0.29) is 11.3 Å². The summed E-state index contributed by atoms with van der Waals surface area (Å²) in [6, 6.07) is 7.74. The van der Waals surface area contributed by atoms with Crippen molar-refractivity contribution in [2.75, 3.05) is 31.1 Å². The van der Waals surface area contributed by atoms with E-state index in [1.807, 2.05) is 19.9 Å². The van der Waals surface area contributed by atoms with Crippen LogP contribution in [0.4, 0.5) is 5.82 Å². The molecule has 0 aliphatic carbocycles. The molecule has 2 aromatic heterocycles. The number of nitrogens with zero attached hydrogens (tertiary/aromatic N) is 5. The summed E-state index contributed by atoms with van der Waals surface area (Å²) >= 11 is 0. The van der Waals surface area contributed by atoms with Crippen LogP contribution in [0.5, 0.6) is 0 Å². The number of nitriles is 1. The molecule has 1 atom stereocenters. The highest BCUT2D eigenvalue weighted by atomic mass is 16.3. The summed E-state index contributed by atoms with van der Waals surface area (Å²) in [6.07, 6.45) is 5.22. The molecular weight excluding hydrogens is 378 g/mol. The molecule has 4 heterocycles. The van der Waals surface area contributed by atoms with Crippen LogP contribution in [0.1, 0.15) is 46.4 Å². The van der Waals surface area contributed by atoms with E-state index < -0.39 is 6.10 Å². The molecule has 2 aliphatic rings. The third-order valence-electron chi connectivity index (χ3n) is 6.47. The molecule has 2 fully saturated rings. The molecular formula is C23H27N5O2. The second-order valence-electron chi connectivity index (χ2n) is 8.64. The Kier molecular flexibility index (Phi) is 5.44. The fourth-order valence-corrected chi connectivity index (χ4v) is 4.89. The van der Waals surface area contributed by atoms with Crippen molar-refractivity contribution >= 4 is 11.7 Å². The quantitative estimate of drug-likeness (QED) is 0.825. The molecule has 1 N–H and O–H groups in total. The first kappa shape index (κ1) is 20.3. The maximum atomic E-state index is 12.9. The van der Waals surface area contributed by atoms with Gasteiger partial charge in [0.05, 0.1) is 22.9 Å². The smallest absolute Gasteiger partial charge is 0.255 e. The number of pyridine rings is 2. The van der Waals surface area contributed by atoms with Crippen LogP contribution in [0.2, 0.25) is 0 Å². The Hall–Kier alpha value is -2.98. The first-order chi connectivity index (χ1) is 14.4. The Morgan fingerprint density at radius 2 is 2.10 bits per heavy atom. The Labute approximate surface area is 177 Å². The largest absolute Gasteiger partial charge is 0.391 e. The van der Waals surface area contributed by atoms with Gasteiger partial charge in [0.2, 0.25) is 0 Å². The molecule has 0 saturated carbocycles. The maximum Gasteiger partial charge on any atom is 0.255 e. The van der Waals surface area contributed by atoms with Crippen LogP contribution in [-0.4, -0.2) is 58.2 Å². The minimum atomic E-state index is -0.511. The van der Waals surface area contributed by atoms with Gasteiger partial charge in [-0.2, -0.15) is 5.26 Å². The molecule has 4 rings (SSSR count). The number of rotatable bonds is 2. The Morgan fingerprint density at radius 1 is 1.33 bits per heavy atom. The summed E-state index contributed by atoms with van der Waals surface area (Å²) in [4.78, 5) is 25.7. The zero-order valence-electron chi connectivity index (χ0n) is 17.5. The monoisotopic (exact) mass is 405 g/mol. The summed E-state index contributed by atoms with van der Waals surface area (Å²) in [5, 5.41) is 19.8. The van der Waals surface area contributed by atoms with Crippen LogP contribution in [0, 0.1) is 30.6 Å². The number of aryl methyl sites for hydroxylation is 2. The molecule has 1 spiro atoms. The van der Waals surface area contributed by atoms with Crippen molar-refractivity contribution in [1.82, 2.24) is 14.9 Å². The average Bonchev–Trinajstić information content (AvgIpc) is 2.73. The molecule has 2 aromatic rings. The van der Waals surface area contributed by atoms with Crippen molar-refractivity contribution in [3.8, 4) is 6.07 Å². The van der Waals surface area contributed by atoms with Crippen LogP contribution in [0.15, 0.2) is 30.6 Å². The van der Waals surface area contributed by atoms with E-state index in [1.54, 1.807) is 29.4 Å². The standard InChI is InChI=1S/C23H27N5O2/c1-16-10-21(26-17(2)20(16)12-24)27-8-5-23(6-9-27)11-19(29)14-28(15-23)22(30)18-4-3-7-25-13-18/h3-4,7,10,13,19,29H,5-6,8-9,11,14-15H2,1-2H3. The van der Waals surface area contributed by atoms with Crippen LogP contribution in [0.25, 0.3) is 0 Å². The van der Waals surface area contributed by atoms with Crippen molar-refractivity contribution in [1.29, 1.82) is 5.26 Å². The lowest BCUT2D eigenvalue weighted by Crippen LogP contribution is -2.55. The van der Waals surface area contributed by atoms with Gasteiger partial charge in [0, 0.05) is 38.6 Å². The van der Waals surface area contributed by atoms with Gasteiger partial charge in [-0.1, -0.05) is 0 Å². The third kappa shape index (κ3) is 3.88. The van der Waals surface area contributed by atoms with E-state index in [0.29, 0.717) is 24.2 Å². The van der Waals surface area contributed by atoms with E-state index in [1.165, 1.54) is 0 Å². The number of carbonyl (C=O) groups is 1. The van der Waals surface area contributed by atoms with Crippen LogP contribution >= 0.6 is 0 Å². The highest BCUT2D eigenvalue weighted by molar-refractivity contribution is 5.94. The van der Waals surface area contributed by atoms with Crippen LogP contribution < -0.4 is 4.90 Å². The first-order valence-electron chi connectivity index (χ1n) is 10.4. The number of hydrogen-bond acceptors (Lipinski definition) is 6. The van der Waals surface area contributed by atoms with E-state index >= 15 is 0 Å². The van der Waals surface area contributed by atoms with E-state index in [4.69, 9.17) is 0 Å². The van der Waals surface area contributed by atoms with Crippen molar-refractivity contribution in [2.24, 2.45) is 5.41 Å². The lowest BCUT2D eigenvalue weighted by molar-refractivity contribution is -0.0150. The minimum Gasteiger partial charge on any atom is -0.391 e. The Morgan fingerprint density at radius 3 is 2.73 bits per heavy atom. The van der Waals surface area contributed by atoms with Crippen molar-refractivity contribution < 1.29 is 9.90 Å². The molecule has 30 heavy (non-hydrogen) atoms. The lowest BCUT2D eigenvalue weighted by atomic mass is 9.71. The van der Waals surface area contributed by atoms with E-state index in [2.05, 4.69) is 20.9 Å². The Balaban J connectivity index is 1.48. The highest BCUT2D eigenvalue weighted by Crippen LogP contribution is 2.41. The van der Waals surface area contributed by atoms with Crippen molar-refractivity contribution in [3.05, 3.63) is 53.0 Å². The van der Waals surface area contributed by atoms with Crippen LogP contribution in [0.3, 0.4) is 0 Å². The summed E-state index contributed by atoms with van der Waals surface area (Å²) in [6.45, 7) is 6.49. The molecule has 0 bridgehead atoms. The van der Waals surface area contributed by atoms with E-state index in [0.717, 1.165) is 49.4 Å². The van der Waals surface area contributed by atoms with Gasteiger partial charge >= 0.3 is 0 Å². The lowest BCUT2D eigenvalue weighted by Gasteiger charge is -2.49. The summed E-state index contributed by atoms with van der Waals surface area (Å²) in [5.41, 5.74) is 2.83. The normalized spacial score (nSPS) is 20.8. The zero-order chi connectivity index (χ0) is 21.3. The average molecular weight is 406 g/mol. The second kappa shape index (κ2) is 8.04. The van der Waals surface area contributed by atoms with Gasteiger partial charge in [-0.25, -0.2) is 4.98 Å². The van der Waals surface area contributed by atoms with E-state index in [9.17, 15) is 15.2 Å². The predicted octanol–water partition coefficient (Wildman–Crippen LogP) is 2.46. The molecule has 1 amide bonds. The SMILES string of the molecule is Cc1cc(N2CCC3(CC2)CC(O)CN(C(=O)c2cccnc2)C3)nc(C)c1C#N. The van der Waals surface area contributed by atoms with Gasteiger partial charge in [-0.05, 0) is 62.3 Å². The molecule has 156 valence electrons. The fraction of sp³-hybridized carbons (Fsp3) is 0.478. The summed E-state index contributed by atoms with van der Waals surface area (Å²) in [7, 11) is 0. The topological polar surface area (TPSA) is 93.3 Å². The number of amides is 1. The van der Waals surface area contributed by atoms with Gasteiger partial charge in [0.25, 0.3) is 5.91 Å². The predicted molar refractivity (Wildman–Crippen MR) is 113 cm³/mol. The second-order valence-corrected chi connectivity index (χ2v) is 8.64. The number of β-amino-alcohol motifs (C(OH)–C–C–N with tert-alkyl or cyclic N) is 1. The molecule has 2 saturated heterocycles. The number of aliphatic hydroxyl groups is 1. The molecule has 7 nitrogen and oxygen atoms in total. The van der Waals surface area contributed by atoms with Gasteiger partial charge < -0.3 is 14.9 Å². The molecule has 1 unspecified atom stereocenters. The fourth-order valence-electron chi connectivity index (χ4n) is 4.89. The Bertz CT molecular complexity index is 954. The molecule has 2 aliphatic heterocycles. The number of anilines is 1. The van der Waals surface area contributed by atoms with Gasteiger partial charge in [-0.3, -0.25) is 9.78 Å². The minimum absolute atomic E-state index is 0.0661. The van der Waals surface area contributed by atoms with Crippen molar-refractivity contribution in [3.63, 3.8) is 0 Å². The number of hydrogen-bond donors (Lipinski definition) is 1. The molecule has 0 radical (unpaired) electrons. The molecule has 0 aromatic carbocycles. The van der Waals surface area contributed by atoms with Gasteiger partial charge in [0.15, 0.2) is 0 Å². The number of aliphatic hydroxyl groups excluding tert-OH is 1. The number of piperidine rings is 2. The summed E-state index contributed by atoms with van der Waals surface area (Å²) < 4.78 is 0. The number of aromatic nitrogens is 2. The first-order valence-corrected chi connectivity index (χ1v) is 10.4. The number of likely N-dealkylation sites (tertiary alicyclic amines) is 1. The van der Waals surface area contributed by atoms with Crippen LogP contribution in [-0.2, 0) is 0 Å². The molecule has 7 heteroatoms. The van der Waals surface area contributed by atoms with Gasteiger partial charge in [-0.15, -0.1) is 0 Å².